The number of likely N-dealkylation sites (tertiary alicyclic amines) is 1. The molecule has 1 saturated heterocycles. The number of nitrogens with zero attached hydrogens (tertiary/aromatic N) is 4. The van der Waals surface area contributed by atoms with Crippen molar-refractivity contribution in [2.24, 2.45) is 13.0 Å². The molecule has 7 heteroatoms. The van der Waals surface area contributed by atoms with Crippen LogP contribution in [0.1, 0.15) is 29.2 Å². The van der Waals surface area contributed by atoms with Crippen LogP contribution < -0.4 is 5.56 Å². The van der Waals surface area contributed by atoms with Crippen molar-refractivity contribution in [3.05, 3.63) is 75.7 Å². The van der Waals surface area contributed by atoms with Crippen LogP contribution in [-0.2, 0) is 24.8 Å². The third-order valence-electron chi connectivity index (χ3n) is 6.61. The third kappa shape index (κ3) is 3.48. The number of rotatable bonds is 3. The van der Waals surface area contributed by atoms with E-state index in [9.17, 15) is 14.0 Å². The molecule has 2 aliphatic rings. The third-order valence-corrected chi connectivity index (χ3v) is 6.61. The number of piperidine rings is 1. The summed E-state index contributed by atoms with van der Waals surface area (Å²) >= 11 is 0. The van der Waals surface area contributed by atoms with Gasteiger partial charge in [-0.25, -0.2) is 9.37 Å². The molecule has 0 aliphatic carbocycles. The fourth-order valence-electron chi connectivity index (χ4n) is 4.98. The van der Waals surface area contributed by atoms with Crippen LogP contribution in [0.25, 0.3) is 11.4 Å². The van der Waals surface area contributed by atoms with Crippen molar-refractivity contribution < 1.29 is 9.18 Å². The molecule has 0 N–H and O–H groups in total. The Balaban J connectivity index is 1.39. The van der Waals surface area contributed by atoms with Crippen molar-refractivity contribution in [3.63, 3.8) is 0 Å². The van der Waals surface area contributed by atoms with Crippen molar-refractivity contribution in [1.82, 2.24) is 19.0 Å². The van der Waals surface area contributed by atoms with Gasteiger partial charge in [-0.15, -0.1) is 0 Å². The molecule has 4 heterocycles. The summed E-state index contributed by atoms with van der Waals surface area (Å²) in [6.07, 6.45) is 4.69. The highest BCUT2D eigenvalue weighted by atomic mass is 19.1. The summed E-state index contributed by atoms with van der Waals surface area (Å²) in [4.78, 5) is 32.4. The molecule has 0 radical (unpaired) electrons. The first-order valence-electron chi connectivity index (χ1n) is 10.6. The van der Waals surface area contributed by atoms with E-state index in [1.54, 1.807) is 19.2 Å². The molecule has 2 bridgehead atoms. The molecule has 6 nitrogen and oxygen atoms in total. The fourth-order valence-corrected chi connectivity index (χ4v) is 4.98. The first-order chi connectivity index (χ1) is 14.9. The molecule has 31 heavy (non-hydrogen) atoms. The van der Waals surface area contributed by atoms with E-state index in [0.717, 1.165) is 12.1 Å². The van der Waals surface area contributed by atoms with Crippen LogP contribution in [0.3, 0.4) is 0 Å². The maximum Gasteiger partial charge on any atom is 0.261 e. The van der Waals surface area contributed by atoms with Crippen molar-refractivity contribution in [2.45, 2.75) is 32.2 Å². The van der Waals surface area contributed by atoms with Crippen LogP contribution >= 0.6 is 0 Å². The second kappa shape index (κ2) is 7.48. The Morgan fingerprint density at radius 2 is 2.03 bits per heavy atom. The van der Waals surface area contributed by atoms with Gasteiger partial charge in [0, 0.05) is 50.7 Å². The van der Waals surface area contributed by atoms with E-state index >= 15 is 0 Å². The SMILES string of the molecule is Cc1ccc(CC(=O)N2C[C@@H]3C[C@H](C2)c2ccc(-c4nccn4C)c(=O)n2C3)cc1F. The van der Waals surface area contributed by atoms with Crippen molar-refractivity contribution >= 4 is 5.91 Å². The Labute approximate surface area is 180 Å². The monoisotopic (exact) mass is 420 g/mol. The summed E-state index contributed by atoms with van der Waals surface area (Å²) in [7, 11) is 1.88. The van der Waals surface area contributed by atoms with E-state index in [-0.39, 0.29) is 35.5 Å². The van der Waals surface area contributed by atoms with E-state index < -0.39 is 0 Å². The van der Waals surface area contributed by atoms with E-state index in [0.29, 0.717) is 42.1 Å². The molecule has 3 aromatic rings. The molecule has 0 saturated carbocycles. The topological polar surface area (TPSA) is 60.1 Å². The maximum absolute atomic E-state index is 13.9. The Morgan fingerprint density at radius 1 is 1.19 bits per heavy atom. The van der Waals surface area contributed by atoms with Gasteiger partial charge in [0.1, 0.15) is 11.6 Å². The second-order valence-corrected chi connectivity index (χ2v) is 8.81. The fraction of sp³-hybridized carbons (Fsp3) is 0.375. The molecular weight excluding hydrogens is 395 g/mol. The summed E-state index contributed by atoms with van der Waals surface area (Å²) < 4.78 is 17.6. The number of amides is 1. The number of hydrogen-bond donors (Lipinski definition) is 0. The molecule has 1 amide bonds. The highest BCUT2D eigenvalue weighted by molar-refractivity contribution is 5.79. The predicted octanol–water partition coefficient (Wildman–Crippen LogP) is 2.88. The number of carbonyl (C=O) groups is 1. The maximum atomic E-state index is 13.9. The normalized spacial score (nSPS) is 19.9. The van der Waals surface area contributed by atoms with Crippen LogP contribution in [0, 0.1) is 18.7 Å². The van der Waals surface area contributed by atoms with E-state index in [4.69, 9.17) is 0 Å². The smallest absolute Gasteiger partial charge is 0.261 e. The summed E-state index contributed by atoms with van der Waals surface area (Å²) in [5.41, 5.74) is 2.84. The number of benzene rings is 1. The number of carbonyl (C=O) groups excluding carboxylic acids is 1. The lowest BCUT2D eigenvalue weighted by Gasteiger charge is -2.43. The highest BCUT2D eigenvalue weighted by Crippen LogP contribution is 2.36. The molecule has 160 valence electrons. The van der Waals surface area contributed by atoms with Crippen LogP contribution in [0.5, 0.6) is 0 Å². The van der Waals surface area contributed by atoms with E-state index in [2.05, 4.69) is 4.98 Å². The quantitative estimate of drug-likeness (QED) is 0.655. The lowest BCUT2D eigenvalue weighted by atomic mass is 9.82. The minimum atomic E-state index is -0.280. The van der Waals surface area contributed by atoms with Gasteiger partial charge in [0.15, 0.2) is 0 Å². The molecule has 1 aromatic carbocycles. The zero-order valence-electron chi connectivity index (χ0n) is 17.7. The minimum Gasteiger partial charge on any atom is -0.341 e. The van der Waals surface area contributed by atoms with E-state index in [1.165, 1.54) is 6.07 Å². The van der Waals surface area contributed by atoms with Crippen molar-refractivity contribution in [2.75, 3.05) is 13.1 Å². The van der Waals surface area contributed by atoms with Gasteiger partial charge in [-0.2, -0.15) is 0 Å². The van der Waals surface area contributed by atoms with Crippen LogP contribution in [0.4, 0.5) is 4.39 Å². The predicted molar refractivity (Wildman–Crippen MR) is 115 cm³/mol. The minimum absolute atomic E-state index is 0.0124. The largest absolute Gasteiger partial charge is 0.341 e. The first kappa shape index (κ1) is 19.7. The number of aromatic nitrogens is 3. The molecule has 2 aliphatic heterocycles. The van der Waals surface area contributed by atoms with Gasteiger partial charge < -0.3 is 14.0 Å². The molecule has 5 rings (SSSR count). The van der Waals surface area contributed by atoms with Crippen molar-refractivity contribution in [1.29, 1.82) is 0 Å². The van der Waals surface area contributed by atoms with Gasteiger partial charge in [0.05, 0.1) is 12.0 Å². The Bertz CT molecular complexity index is 1230. The first-order valence-corrected chi connectivity index (χ1v) is 10.6. The van der Waals surface area contributed by atoms with Crippen LogP contribution in [-0.4, -0.2) is 38.0 Å². The van der Waals surface area contributed by atoms with Gasteiger partial charge in [-0.05, 0) is 48.6 Å². The lowest BCUT2D eigenvalue weighted by Crippen LogP contribution is -2.49. The molecule has 0 unspecified atom stereocenters. The van der Waals surface area contributed by atoms with Crippen LogP contribution in [0.2, 0.25) is 0 Å². The van der Waals surface area contributed by atoms with Gasteiger partial charge in [0.2, 0.25) is 5.91 Å². The van der Waals surface area contributed by atoms with Crippen LogP contribution in [0.15, 0.2) is 47.5 Å². The Kier molecular flexibility index (Phi) is 4.76. The van der Waals surface area contributed by atoms with Gasteiger partial charge in [-0.3, -0.25) is 9.59 Å². The Morgan fingerprint density at radius 3 is 2.77 bits per heavy atom. The molecule has 0 spiro atoms. The highest BCUT2D eigenvalue weighted by Gasteiger charge is 2.36. The molecule has 1 fully saturated rings. The molecule has 2 aromatic heterocycles. The number of halogens is 1. The zero-order valence-corrected chi connectivity index (χ0v) is 17.7. The number of hydrogen-bond acceptors (Lipinski definition) is 3. The summed E-state index contributed by atoms with van der Waals surface area (Å²) in [6.45, 7) is 3.53. The molecular formula is C24H25FN4O2. The average Bonchev–Trinajstić information content (AvgIpc) is 3.17. The number of fused-ring (bicyclic) bond motifs is 4. The lowest BCUT2D eigenvalue weighted by molar-refractivity contribution is -0.133. The standard InChI is InChI=1S/C24H25FN4O2/c1-15-3-4-16(10-20(15)25)11-22(30)28-12-17-9-18(14-28)21-6-5-19(24(31)29(21)13-17)23-26-7-8-27(23)2/h3-8,10,17-18H,9,11-14H2,1-2H3/t17-,18+/m0/s1. The zero-order chi connectivity index (χ0) is 21.7. The van der Waals surface area contributed by atoms with Crippen molar-refractivity contribution in [3.8, 4) is 11.4 Å². The second-order valence-electron chi connectivity index (χ2n) is 8.81. The number of pyridine rings is 1. The van der Waals surface area contributed by atoms with E-state index in [1.807, 2.05) is 45.5 Å². The summed E-state index contributed by atoms with van der Waals surface area (Å²) in [6, 6.07) is 8.84. The molecule has 2 atom stereocenters. The summed E-state index contributed by atoms with van der Waals surface area (Å²) in [5, 5.41) is 0. The van der Waals surface area contributed by atoms with Gasteiger partial charge >= 0.3 is 0 Å². The van der Waals surface area contributed by atoms with Gasteiger partial charge in [0.25, 0.3) is 5.56 Å². The number of imidazole rings is 1. The Hall–Kier alpha value is -3.22. The summed E-state index contributed by atoms with van der Waals surface area (Å²) in [5.74, 6) is 0.766. The average molecular weight is 420 g/mol. The van der Waals surface area contributed by atoms with Gasteiger partial charge in [-0.1, -0.05) is 12.1 Å². The number of aryl methyl sites for hydroxylation is 2.